The monoisotopic (exact) mass is 250 g/mol. The summed E-state index contributed by atoms with van der Waals surface area (Å²) in [4.78, 5) is 16.1. The number of amides is 1. The fourth-order valence-electron chi connectivity index (χ4n) is 2.04. The van der Waals surface area contributed by atoms with E-state index in [1.807, 2.05) is 6.92 Å². The molecule has 1 unspecified atom stereocenters. The van der Waals surface area contributed by atoms with E-state index in [2.05, 4.69) is 29.6 Å². The number of pyridine rings is 1. The average molecular weight is 250 g/mol. The number of anilines is 1. The molecule has 0 spiro atoms. The van der Waals surface area contributed by atoms with Crippen molar-refractivity contribution >= 4 is 11.6 Å². The molecule has 0 saturated carbocycles. The minimum atomic E-state index is -0.161. The van der Waals surface area contributed by atoms with E-state index in [4.69, 9.17) is 5.84 Å². The molecule has 0 aliphatic rings. The summed E-state index contributed by atoms with van der Waals surface area (Å²) in [6.45, 7) is 6.29. The van der Waals surface area contributed by atoms with Gasteiger partial charge in [0.1, 0.15) is 5.69 Å². The van der Waals surface area contributed by atoms with Crippen molar-refractivity contribution in [1.29, 1.82) is 0 Å². The van der Waals surface area contributed by atoms with Crippen LogP contribution in [0.5, 0.6) is 0 Å². The zero-order chi connectivity index (χ0) is 13.5. The van der Waals surface area contributed by atoms with Crippen molar-refractivity contribution in [3.05, 3.63) is 24.0 Å². The minimum absolute atomic E-state index is 0.142. The van der Waals surface area contributed by atoms with E-state index in [9.17, 15) is 4.79 Å². The van der Waals surface area contributed by atoms with Gasteiger partial charge >= 0.3 is 0 Å². The Hall–Kier alpha value is -1.62. The predicted molar refractivity (Wildman–Crippen MR) is 73.0 cm³/mol. The number of hydrogen-bond donors (Lipinski definition) is 3. The van der Waals surface area contributed by atoms with Crippen molar-refractivity contribution in [2.24, 2.45) is 11.8 Å². The van der Waals surface area contributed by atoms with Crippen molar-refractivity contribution in [1.82, 2.24) is 10.3 Å². The second-order valence-electron chi connectivity index (χ2n) is 4.41. The van der Waals surface area contributed by atoms with Crippen molar-refractivity contribution in [2.75, 3.05) is 5.43 Å². The maximum atomic E-state index is 12.0. The van der Waals surface area contributed by atoms with Crippen molar-refractivity contribution in [3.63, 3.8) is 0 Å². The van der Waals surface area contributed by atoms with E-state index < -0.39 is 0 Å². The number of rotatable bonds is 6. The molecule has 0 fully saturated rings. The Balaban J connectivity index is 2.69. The van der Waals surface area contributed by atoms with Gasteiger partial charge in [-0.1, -0.05) is 26.7 Å². The Morgan fingerprint density at radius 2 is 2.11 bits per heavy atom. The summed E-state index contributed by atoms with van der Waals surface area (Å²) in [7, 11) is 0. The van der Waals surface area contributed by atoms with Crippen LogP contribution in [0.3, 0.4) is 0 Å². The number of nitrogens with one attached hydrogen (secondary N) is 2. The second kappa shape index (κ2) is 6.96. The van der Waals surface area contributed by atoms with Crippen molar-refractivity contribution < 1.29 is 4.79 Å². The Morgan fingerprint density at radius 1 is 1.44 bits per heavy atom. The first-order valence-electron chi connectivity index (χ1n) is 6.35. The molecule has 0 bridgehead atoms. The number of nitrogens with zero attached hydrogens (tertiary/aromatic N) is 1. The summed E-state index contributed by atoms with van der Waals surface area (Å²) < 4.78 is 0. The Kier molecular flexibility index (Phi) is 5.58. The number of nitrogens with two attached hydrogens (primary N) is 1. The van der Waals surface area contributed by atoms with Gasteiger partial charge in [-0.25, -0.2) is 0 Å². The lowest BCUT2D eigenvalue weighted by Crippen LogP contribution is -2.38. The highest BCUT2D eigenvalue weighted by Crippen LogP contribution is 2.13. The number of hydrogen-bond acceptors (Lipinski definition) is 4. The van der Waals surface area contributed by atoms with Crippen LogP contribution in [-0.4, -0.2) is 16.9 Å². The van der Waals surface area contributed by atoms with Gasteiger partial charge in [0.25, 0.3) is 5.91 Å². The number of hydrazine groups is 1. The number of carbonyl (C=O) groups is 1. The zero-order valence-corrected chi connectivity index (χ0v) is 11.2. The predicted octanol–water partition coefficient (Wildman–Crippen LogP) is 1.92. The summed E-state index contributed by atoms with van der Waals surface area (Å²) in [6.07, 6.45) is 3.66. The largest absolute Gasteiger partial charge is 0.348 e. The molecule has 1 aromatic heterocycles. The van der Waals surface area contributed by atoms with E-state index in [-0.39, 0.29) is 11.9 Å². The van der Waals surface area contributed by atoms with Crippen LogP contribution in [0.1, 0.15) is 44.1 Å². The van der Waals surface area contributed by atoms with Crippen LogP contribution < -0.4 is 16.6 Å². The van der Waals surface area contributed by atoms with E-state index >= 15 is 0 Å². The first-order chi connectivity index (χ1) is 8.62. The summed E-state index contributed by atoms with van der Waals surface area (Å²) >= 11 is 0. The molecule has 0 saturated heterocycles. The molecule has 0 radical (unpaired) electrons. The topological polar surface area (TPSA) is 80.0 Å². The number of nitrogen functional groups attached to an aromatic ring is 1. The van der Waals surface area contributed by atoms with Crippen LogP contribution in [0.4, 0.5) is 5.69 Å². The Morgan fingerprint density at radius 3 is 2.67 bits per heavy atom. The van der Waals surface area contributed by atoms with Gasteiger partial charge in [0, 0.05) is 12.2 Å². The maximum Gasteiger partial charge on any atom is 0.270 e. The highest BCUT2D eigenvalue weighted by molar-refractivity contribution is 5.93. The van der Waals surface area contributed by atoms with Gasteiger partial charge < -0.3 is 10.7 Å². The SMILES string of the molecule is CCC(CC)C(C)NC(=O)c1cc(NN)ccn1. The van der Waals surface area contributed by atoms with Gasteiger partial charge in [-0.15, -0.1) is 0 Å². The van der Waals surface area contributed by atoms with Gasteiger partial charge in [-0.05, 0) is 25.0 Å². The van der Waals surface area contributed by atoms with Gasteiger partial charge in [-0.2, -0.15) is 0 Å². The second-order valence-corrected chi connectivity index (χ2v) is 4.41. The maximum absolute atomic E-state index is 12.0. The van der Waals surface area contributed by atoms with Crippen LogP contribution in [0.15, 0.2) is 18.3 Å². The molecule has 100 valence electrons. The molecule has 1 amide bonds. The lowest BCUT2D eigenvalue weighted by molar-refractivity contribution is 0.0920. The molecule has 5 nitrogen and oxygen atoms in total. The Bertz CT molecular complexity index is 390. The van der Waals surface area contributed by atoms with E-state index in [1.54, 1.807) is 18.3 Å². The van der Waals surface area contributed by atoms with Crippen LogP contribution in [-0.2, 0) is 0 Å². The molecular weight excluding hydrogens is 228 g/mol. The molecule has 0 aliphatic heterocycles. The lowest BCUT2D eigenvalue weighted by atomic mass is 9.95. The quantitative estimate of drug-likeness (QED) is 0.532. The number of carbonyl (C=O) groups excluding carboxylic acids is 1. The molecule has 0 aliphatic carbocycles. The highest BCUT2D eigenvalue weighted by Gasteiger charge is 2.17. The van der Waals surface area contributed by atoms with Crippen LogP contribution >= 0.6 is 0 Å². The lowest BCUT2D eigenvalue weighted by Gasteiger charge is -2.22. The molecular formula is C13H22N4O. The van der Waals surface area contributed by atoms with E-state index in [1.165, 1.54) is 0 Å². The van der Waals surface area contributed by atoms with E-state index in [0.717, 1.165) is 12.8 Å². The Labute approximate surface area is 108 Å². The first kappa shape index (κ1) is 14.4. The molecule has 1 aromatic rings. The van der Waals surface area contributed by atoms with E-state index in [0.29, 0.717) is 17.3 Å². The van der Waals surface area contributed by atoms with Crippen LogP contribution in [0, 0.1) is 5.92 Å². The number of aromatic nitrogens is 1. The summed E-state index contributed by atoms with van der Waals surface area (Å²) in [5, 5.41) is 2.98. The summed E-state index contributed by atoms with van der Waals surface area (Å²) in [6, 6.07) is 3.49. The normalized spacial score (nSPS) is 12.3. The smallest absolute Gasteiger partial charge is 0.270 e. The van der Waals surface area contributed by atoms with Gasteiger partial charge in [-0.3, -0.25) is 15.6 Å². The summed E-state index contributed by atoms with van der Waals surface area (Å²) in [5.74, 6) is 5.63. The first-order valence-corrected chi connectivity index (χ1v) is 6.35. The molecule has 5 heteroatoms. The molecule has 4 N–H and O–H groups in total. The third-order valence-corrected chi connectivity index (χ3v) is 3.27. The highest BCUT2D eigenvalue weighted by atomic mass is 16.1. The van der Waals surface area contributed by atoms with Crippen LogP contribution in [0.25, 0.3) is 0 Å². The van der Waals surface area contributed by atoms with Crippen molar-refractivity contribution in [3.8, 4) is 0 Å². The summed E-state index contributed by atoms with van der Waals surface area (Å²) in [5.41, 5.74) is 3.55. The van der Waals surface area contributed by atoms with Gasteiger partial charge in [0.15, 0.2) is 0 Å². The molecule has 1 rings (SSSR count). The van der Waals surface area contributed by atoms with Crippen LogP contribution in [0.2, 0.25) is 0 Å². The molecule has 0 aromatic carbocycles. The zero-order valence-electron chi connectivity index (χ0n) is 11.2. The fraction of sp³-hybridized carbons (Fsp3) is 0.538. The standard InChI is InChI=1S/C13H22N4O/c1-4-10(5-2)9(3)16-13(18)12-8-11(17-14)6-7-15-12/h6-10H,4-5,14H2,1-3H3,(H,15,17)(H,16,18). The minimum Gasteiger partial charge on any atom is -0.348 e. The van der Waals surface area contributed by atoms with Crippen molar-refractivity contribution in [2.45, 2.75) is 39.7 Å². The molecule has 1 atom stereocenters. The third-order valence-electron chi connectivity index (χ3n) is 3.27. The average Bonchev–Trinajstić information content (AvgIpc) is 2.40. The molecule has 1 heterocycles. The van der Waals surface area contributed by atoms with Gasteiger partial charge in [0.05, 0.1) is 5.69 Å². The molecule has 18 heavy (non-hydrogen) atoms. The third kappa shape index (κ3) is 3.70. The fourth-order valence-corrected chi connectivity index (χ4v) is 2.04. The van der Waals surface area contributed by atoms with Gasteiger partial charge in [0.2, 0.25) is 0 Å².